The van der Waals surface area contributed by atoms with Crippen molar-refractivity contribution in [2.24, 2.45) is 61.0 Å². The van der Waals surface area contributed by atoms with Crippen LogP contribution < -0.4 is 66.7 Å². The van der Waals surface area contributed by atoms with Crippen LogP contribution in [-0.2, 0) is 19.1 Å². The van der Waals surface area contributed by atoms with Crippen molar-refractivity contribution in [3.8, 4) is 0 Å². The Morgan fingerprint density at radius 1 is 0.712 bits per heavy atom. The van der Waals surface area contributed by atoms with E-state index in [4.69, 9.17) is 56.5 Å². The van der Waals surface area contributed by atoms with E-state index in [0.29, 0.717) is 58.1 Å². The Balaban J connectivity index is 1.66. The van der Waals surface area contributed by atoms with Crippen LogP contribution in [-0.4, -0.2) is 117 Å². The van der Waals surface area contributed by atoms with E-state index in [9.17, 15) is 14.4 Å². The van der Waals surface area contributed by atoms with E-state index in [-0.39, 0.29) is 47.3 Å². The monoisotopic (exact) mass is 855 g/mol. The van der Waals surface area contributed by atoms with Gasteiger partial charge in [0.25, 0.3) is 5.91 Å². The van der Waals surface area contributed by atoms with Crippen molar-refractivity contribution in [2.45, 2.75) is 127 Å². The average molecular weight is 856 g/mol. The van der Waals surface area contributed by atoms with Crippen molar-refractivity contribution in [2.75, 3.05) is 59.0 Å². The van der Waals surface area contributed by atoms with Crippen molar-refractivity contribution >= 4 is 47.2 Å². The van der Waals surface area contributed by atoms with Gasteiger partial charge >= 0.3 is 0 Å². The van der Waals surface area contributed by atoms with Gasteiger partial charge in [0.2, 0.25) is 11.8 Å². The van der Waals surface area contributed by atoms with E-state index in [1.54, 1.807) is 0 Å². The van der Waals surface area contributed by atoms with Crippen LogP contribution in [0.3, 0.4) is 0 Å². The number of amides is 3. The maximum atomic E-state index is 12.5. The first kappa shape index (κ1) is 50.9. The molecule has 338 valence electrons. The lowest BCUT2D eigenvalue weighted by atomic mass is 9.84. The number of alkyl halides is 1. The smallest absolute Gasteiger partial charge is 0.277 e. The lowest BCUT2D eigenvalue weighted by Crippen LogP contribution is -2.58. The predicted molar refractivity (Wildman–Crippen MR) is 235 cm³/mol. The zero-order chi connectivity index (χ0) is 43.3. The number of rotatable bonds is 30. The molecule has 1 saturated carbocycles. The van der Waals surface area contributed by atoms with Crippen molar-refractivity contribution in [3.05, 3.63) is 11.5 Å². The van der Waals surface area contributed by atoms with Crippen LogP contribution in [0.15, 0.2) is 26.5 Å². The SMILES string of the molecule is NC(N)=NCCCCCC(=O)NCCCN(CCCNC(=O)CCCCCN=C(N)N)CCOC1CCC(CCCCN=C(N)NC(=O)C2=C(N)NC(N)C(Cl)N2)CC1. The Labute approximate surface area is 355 Å². The molecule has 2 rings (SSSR count). The van der Waals surface area contributed by atoms with E-state index >= 15 is 0 Å². The molecule has 1 aliphatic heterocycles. The number of nitrogens with two attached hydrogens (primary N) is 7. The van der Waals surface area contributed by atoms with E-state index < -0.39 is 17.6 Å². The van der Waals surface area contributed by atoms with Gasteiger partial charge in [0, 0.05) is 52.1 Å². The fourth-order valence-corrected chi connectivity index (χ4v) is 7.03. The quantitative estimate of drug-likeness (QED) is 0.0140. The van der Waals surface area contributed by atoms with Gasteiger partial charge in [-0.15, -0.1) is 0 Å². The summed E-state index contributed by atoms with van der Waals surface area (Å²) in [5.41, 5.74) is 38.3. The molecule has 59 heavy (non-hydrogen) atoms. The van der Waals surface area contributed by atoms with Crippen molar-refractivity contribution < 1.29 is 19.1 Å². The zero-order valence-electron chi connectivity index (χ0n) is 35.0. The molecule has 0 radical (unpaired) electrons. The maximum absolute atomic E-state index is 12.5. The summed E-state index contributed by atoms with van der Waals surface area (Å²) in [6.45, 7) is 5.97. The number of guanidine groups is 3. The van der Waals surface area contributed by atoms with Crippen LogP contribution in [0, 0.1) is 5.92 Å². The molecule has 0 spiro atoms. The molecule has 20 nitrogen and oxygen atoms in total. The van der Waals surface area contributed by atoms with Crippen molar-refractivity contribution in [3.63, 3.8) is 0 Å². The Kier molecular flexibility index (Phi) is 26.5. The van der Waals surface area contributed by atoms with E-state index in [2.05, 4.69) is 46.5 Å². The maximum Gasteiger partial charge on any atom is 0.277 e. The van der Waals surface area contributed by atoms with E-state index in [0.717, 1.165) is 116 Å². The molecule has 0 aromatic carbocycles. The molecule has 1 aliphatic carbocycles. The normalized spacial score (nSPS) is 19.3. The number of nitrogens with one attached hydrogen (secondary N) is 5. The molecule has 21 heteroatoms. The second-order valence-electron chi connectivity index (χ2n) is 15.2. The summed E-state index contributed by atoms with van der Waals surface area (Å²) in [6.07, 6.45) is 14.7. The number of ether oxygens (including phenoxy) is 1. The van der Waals surface area contributed by atoms with Gasteiger partial charge in [-0.25, -0.2) is 0 Å². The Hall–Kier alpha value is -4.27. The van der Waals surface area contributed by atoms with Gasteiger partial charge in [-0.05, 0) is 89.6 Å². The van der Waals surface area contributed by atoms with Gasteiger partial charge in [0.05, 0.1) is 12.7 Å². The molecule has 19 N–H and O–H groups in total. The number of carbonyl (C=O) groups excluding carboxylic acids is 3. The highest BCUT2D eigenvalue weighted by Gasteiger charge is 2.27. The number of hydrogen-bond donors (Lipinski definition) is 12. The molecular weight excluding hydrogens is 780 g/mol. The van der Waals surface area contributed by atoms with Crippen LogP contribution in [0.25, 0.3) is 0 Å². The third-order valence-electron chi connectivity index (χ3n) is 10.2. The Bertz CT molecular complexity index is 1300. The summed E-state index contributed by atoms with van der Waals surface area (Å²) in [5, 5.41) is 14.1. The zero-order valence-corrected chi connectivity index (χ0v) is 35.8. The van der Waals surface area contributed by atoms with Crippen LogP contribution in [0.5, 0.6) is 0 Å². The Morgan fingerprint density at radius 3 is 1.81 bits per heavy atom. The first-order chi connectivity index (χ1) is 28.3. The van der Waals surface area contributed by atoms with Crippen LogP contribution in [0.4, 0.5) is 0 Å². The topological polar surface area (TPSA) is 343 Å². The Morgan fingerprint density at radius 2 is 1.25 bits per heavy atom. The summed E-state index contributed by atoms with van der Waals surface area (Å²) in [4.78, 5) is 51.8. The second kappa shape index (κ2) is 30.7. The molecular formula is C38H75ClN16O4. The van der Waals surface area contributed by atoms with E-state index in [1.807, 2.05) is 0 Å². The predicted octanol–water partition coefficient (Wildman–Crippen LogP) is -0.685. The molecule has 0 aromatic heterocycles. The summed E-state index contributed by atoms with van der Waals surface area (Å²) >= 11 is 6.06. The third-order valence-corrected chi connectivity index (χ3v) is 10.6. The summed E-state index contributed by atoms with van der Waals surface area (Å²) in [7, 11) is 0. The number of unbranched alkanes of at least 4 members (excludes halogenated alkanes) is 5. The second-order valence-corrected chi connectivity index (χ2v) is 15.7. The minimum absolute atomic E-state index is 0.0203. The van der Waals surface area contributed by atoms with Gasteiger partial charge in [-0.3, -0.25) is 34.7 Å². The minimum atomic E-state index is -0.701. The van der Waals surface area contributed by atoms with Gasteiger partial charge in [0.1, 0.15) is 23.2 Å². The molecule has 0 bridgehead atoms. The fraction of sp³-hybridized carbons (Fsp3) is 0.789. The van der Waals surface area contributed by atoms with Gasteiger partial charge < -0.3 is 71.0 Å². The first-order valence-corrected chi connectivity index (χ1v) is 21.8. The van der Waals surface area contributed by atoms with Crippen LogP contribution in [0.2, 0.25) is 0 Å². The molecule has 3 amide bonds. The van der Waals surface area contributed by atoms with Gasteiger partial charge in [0.15, 0.2) is 17.9 Å². The average Bonchev–Trinajstić information content (AvgIpc) is 3.19. The molecule has 1 heterocycles. The molecule has 0 aromatic rings. The molecule has 2 atom stereocenters. The van der Waals surface area contributed by atoms with E-state index in [1.165, 1.54) is 0 Å². The van der Waals surface area contributed by atoms with Gasteiger partial charge in [-0.2, -0.15) is 0 Å². The highest BCUT2D eigenvalue weighted by Crippen LogP contribution is 2.29. The standard InChI is InChI=1S/C38H75ClN16O4/c39-32-34(41)53-33(40)31(52-32)35(58)54-38(46)51-20-8-5-11-27-14-16-28(17-15-27)59-26-25-55(23-9-21-47-29(56)12-3-1-6-18-49-36(42)43)24-10-22-48-30(57)13-4-2-7-19-50-37(44)45/h27-28,32,34,52-53H,1-26,40-41H2,(H,47,56)(H,48,57)(H4,42,43,49)(H4,44,45,50)(H3,46,51,54,58). The van der Waals surface area contributed by atoms with Crippen molar-refractivity contribution in [1.82, 2.24) is 31.5 Å². The van der Waals surface area contributed by atoms with Crippen LogP contribution in [0.1, 0.15) is 109 Å². The third kappa shape index (κ3) is 25.1. The lowest BCUT2D eigenvalue weighted by molar-refractivity contribution is -0.122. The lowest BCUT2D eigenvalue weighted by Gasteiger charge is -2.30. The summed E-state index contributed by atoms with van der Waals surface area (Å²) < 4.78 is 6.36. The summed E-state index contributed by atoms with van der Waals surface area (Å²) in [5.74, 6) is 0.527. The summed E-state index contributed by atoms with van der Waals surface area (Å²) in [6, 6.07) is 0. The van der Waals surface area contributed by atoms with Crippen LogP contribution >= 0.6 is 11.6 Å². The fourth-order valence-electron chi connectivity index (χ4n) is 6.85. The number of nitrogens with zero attached hydrogens (tertiary/aromatic N) is 4. The molecule has 0 saturated heterocycles. The minimum Gasteiger partial charge on any atom is -0.384 e. The highest BCUT2D eigenvalue weighted by atomic mass is 35.5. The largest absolute Gasteiger partial charge is 0.384 e. The molecule has 2 aliphatic rings. The molecule has 2 unspecified atom stereocenters. The number of carbonyl (C=O) groups is 3. The van der Waals surface area contributed by atoms with Crippen molar-refractivity contribution in [1.29, 1.82) is 0 Å². The number of aliphatic imine (C=N–C) groups is 3. The first-order valence-electron chi connectivity index (χ1n) is 21.4. The number of hydrogen-bond acceptors (Lipinski definition) is 12. The number of halogens is 1. The van der Waals surface area contributed by atoms with Gasteiger partial charge in [-0.1, -0.05) is 37.3 Å². The molecule has 1 fully saturated rings. The highest BCUT2D eigenvalue weighted by molar-refractivity contribution is 6.21.